The van der Waals surface area contributed by atoms with Gasteiger partial charge in [-0.05, 0) is 35.7 Å². The third-order valence-corrected chi connectivity index (χ3v) is 5.36. The van der Waals surface area contributed by atoms with Gasteiger partial charge in [0.25, 0.3) is 0 Å². The lowest BCUT2D eigenvalue weighted by molar-refractivity contribution is 0.0692. The van der Waals surface area contributed by atoms with E-state index in [2.05, 4.69) is 23.1 Å². The van der Waals surface area contributed by atoms with Gasteiger partial charge >= 0.3 is 11.6 Å². The summed E-state index contributed by atoms with van der Waals surface area (Å²) < 4.78 is 6.43. The highest BCUT2D eigenvalue weighted by molar-refractivity contribution is 7.19. The molecular weight excluding hydrogens is 350 g/mol. The van der Waals surface area contributed by atoms with Crippen LogP contribution in [0.2, 0.25) is 0 Å². The first kappa shape index (κ1) is 16.4. The van der Waals surface area contributed by atoms with E-state index in [0.29, 0.717) is 11.0 Å². The summed E-state index contributed by atoms with van der Waals surface area (Å²) in [5.74, 6) is -1.29. The van der Waals surface area contributed by atoms with E-state index in [1.54, 1.807) is 23.5 Å². The predicted octanol–water partition coefficient (Wildman–Crippen LogP) is 4.34. The number of hydrogen-bond acceptors (Lipinski definition) is 5. The summed E-state index contributed by atoms with van der Waals surface area (Å²) in [6.45, 7) is 0.724. The van der Waals surface area contributed by atoms with E-state index in [1.165, 1.54) is 21.0 Å². The Labute approximate surface area is 152 Å². The number of benzene rings is 2. The molecule has 26 heavy (non-hydrogen) atoms. The van der Waals surface area contributed by atoms with Crippen molar-refractivity contribution in [2.24, 2.45) is 0 Å². The second kappa shape index (κ2) is 6.31. The number of thiophene rings is 1. The Kier molecular flexibility index (Phi) is 3.97. The topological polar surface area (TPSA) is 70.8 Å². The highest BCUT2D eigenvalue weighted by Gasteiger charge is 2.13. The molecule has 0 aliphatic heterocycles. The van der Waals surface area contributed by atoms with E-state index in [-0.39, 0.29) is 5.56 Å². The van der Waals surface area contributed by atoms with Crippen molar-refractivity contribution >= 4 is 44.0 Å². The molecule has 4 aromatic rings. The monoisotopic (exact) mass is 365 g/mol. The van der Waals surface area contributed by atoms with E-state index in [1.807, 2.05) is 25.2 Å². The van der Waals surface area contributed by atoms with Crippen molar-refractivity contribution in [3.63, 3.8) is 0 Å². The van der Waals surface area contributed by atoms with Crippen LogP contribution < -0.4 is 10.5 Å². The summed E-state index contributed by atoms with van der Waals surface area (Å²) in [5.41, 5.74) is 0.0695. The van der Waals surface area contributed by atoms with Gasteiger partial charge in [-0.3, -0.25) is 0 Å². The Morgan fingerprint density at radius 2 is 1.92 bits per heavy atom. The van der Waals surface area contributed by atoms with E-state index in [4.69, 9.17) is 9.52 Å². The van der Waals surface area contributed by atoms with Gasteiger partial charge in [-0.25, -0.2) is 9.59 Å². The molecule has 130 valence electrons. The first-order valence-corrected chi connectivity index (χ1v) is 8.83. The van der Waals surface area contributed by atoms with Gasteiger partial charge in [0.15, 0.2) is 0 Å². The number of aromatic carboxylic acids is 1. The molecule has 0 fully saturated rings. The van der Waals surface area contributed by atoms with Gasteiger partial charge < -0.3 is 14.4 Å². The van der Waals surface area contributed by atoms with Gasteiger partial charge in [-0.15, -0.1) is 11.3 Å². The SMILES string of the molecule is CN(Cc1cc2ccccc2s1)c1ccc2cc(C(=O)O)c(=O)oc2c1. The quantitative estimate of drug-likeness (QED) is 0.545. The lowest BCUT2D eigenvalue weighted by Crippen LogP contribution is -2.16. The van der Waals surface area contributed by atoms with E-state index < -0.39 is 11.6 Å². The third kappa shape index (κ3) is 2.95. The molecule has 0 amide bonds. The van der Waals surface area contributed by atoms with Crippen LogP contribution in [-0.4, -0.2) is 18.1 Å². The molecular formula is C20H15NO4S. The Morgan fingerprint density at radius 3 is 2.69 bits per heavy atom. The first-order valence-electron chi connectivity index (χ1n) is 8.01. The normalized spacial score (nSPS) is 11.1. The van der Waals surface area contributed by atoms with Crippen LogP contribution in [0.1, 0.15) is 15.2 Å². The van der Waals surface area contributed by atoms with Crippen molar-refractivity contribution in [3.8, 4) is 0 Å². The molecule has 4 rings (SSSR count). The molecule has 0 radical (unpaired) electrons. The molecule has 0 bridgehead atoms. The minimum Gasteiger partial charge on any atom is -0.477 e. The Balaban J connectivity index is 1.65. The summed E-state index contributed by atoms with van der Waals surface area (Å²) >= 11 is 1.75. The standard InChI is InChI=1S/C20H15NO4S/c1-21(11-15-8-13-4-2-3-5-18(13)26-15)14-7-6-12-9-16(19(22)23)20(24)25-17(12)10-14/h2-10H,11H2,1H3,(H,22,23). The fraction of sp³-hybridized carbons (Fsp3) is 0.100. The van der Waals surface area contributed by atoms with Crippen molar-refractivity contribution in [2.45, 2.75) is 6.54 Å². The lowest BCUT2D eigenvalue weighted by Gasteiger charge is -2.18. The first-order chi connectivity index (χ1) is 12.5. The van der Waals surface area contributed by atoms with Crippen LogP contribution >= 0.6 is 11.3 Å². The minimum atomic E-state index is -1.29. The van der Waals surface area contributed by atoms with Gasteiger partial charge in [0.1, 0.15) is 11.1 Å². The van der Waals surface area contributed by atoms with Crippen molar-refractivity contribution < 1.29 is 14.3 Å². The molecule has 0 aliphatic carbocycles. The summed E-state index contributed by atoms with van der Waals surface area (Å²) in [6, 6.07) is 17.2. The zero-order valence-electron chi connectivity index (χ0n) is 13.9. The fourth-order valence-electron chi connectivity index (χ4n) is 2.93. The number of rotatable bonds is 4. The average molecular weight is 365 g/mol. The number of anilines is 1. The van der Waals surface area contributed by atoms with Crippen LogP contribution in [-0.2, 0) is 6.54 Å². The number of hydrogen-bond donors (Lipinski definition) is 1. The van der Waals surface area contributed by atoms with Gasteiger partial charge in [0, 0.05) is 33.8 Å². The number of nitrogens with zero attached hydrogens (tertiary/aromatic N) is 1. The van der Waals surface area contributed by atoms with Gasteiger partial charge in [0.2, 0.25) is 0 Å². The molecule has 2 aromatic carbocycles. The second-order valence-electron chi connectivity index (χ2n) is 6.08. The largest absolute Gasteiger partial charge is 0.477 e. The van der Waals surface area contributed by atoms with Crippen LogP contribution in [0.15, 0.2) is 63.8 Å². The summed E-state index contributed by atoms with van der Waals surface area (Å²) in [6.07, 6.45) is 0. The van der Waals surface area contributed by atoms with Crippen molar-refractivity contribution in [1.29, 1.82) is 0 Å². The zero-order valence-corrected chi connectivity index (χ0v) is 14.7. The predicted molar refractivity (Wildman–Crippen MR) is 103 cm³/mol. The molecule has 0 unspecified atom stereocenters. The highest BCUT2D eigenvalue weighted by Crippen LogP contribution is 2.28. The smallest absolute Gasteiger partial charge is 0.351 e. The maximum absolute atomic E-state index is 11.8. The van der Waals surface area contributed by atoms with Crippen molar-refractivity contribution in [2.75, 3.05) is 11.9 Å². The minimum absolute atomic E-state index is 0.358. The second-order valence-corrected chi connectivity index (χ2v) is 7.25. The number of carboxylic acid groups (broad SMARTS) is 1. The van der Waals surface area contributed by atoms with Crippen molar-refractivity contribution in [1.82, 2.24) is 0 Å². The Hall–Kier alpha value is -3.12. The Morgan fingerprint density at radius 1 is 1.12 bits per heavy atom. The highest BCUT2D eigenvalue weighted by atomic mass is 32.1. The number of fused-ring (bicyclic) bond motifs is 2. The fourth-order valence-corrected chi connectivity index (χ4v) is 4.04. The van der Waals surface area contributed by atoms with Crippen LogP contribution in [0.4, 0.5) is 5.69 Å². The molecule has 0 atom stereocenters. The molecule has 6 heteroatoms. The number of carboxylic acids is 1. The summed E-state index contributed by atoms with van der Waals surface area (Å²) in [4.78, 5) is 26.1. The van der Waals surface area contributed by atoms with Crippen LogP contribution in [0.5, 0.6) is 0 Å². The molecule has 1 N–H and O–H groups in total. The molecule has 0 aliphatic rings. The van der Waals surface area contributed by atoms with Crippen LogP contribution in [0.25, 0.3) is 21.1 Å². The van der Waals surface area contributed by atoms with E-state index in [9.17, 15) is 9.59 Å². The van der Waals surface area contributed by atoms with Crippen LogP contribution in [0.3, 0.4) is 0 Å². The maximum Gasteiger partial charge on any atom is 0.351 e. The van der Waals surface area contributed by atoms with Crippen LogP contribution in [0, 0.1) is 0 Å². The zero-order chi connectivity index (χ0) is 18.3. The van der Waals surface area contributed by atoms with E-state index in [0.717, 1.165) is 12.2 Å². The van der Waals surface area contributed by atoms with Crippen molar-refractivity contribution in [3.05, 3.63) is 75.5 Å². The number of carbonyl (C=O) groups is 1. The molecule has 0 saturated carbocycles. The van der Waals surface area contributed by atoms with E-state index >= 15 is 0 Å². The summed E-state index contributed by atoms with van der Waals surface area (Å²) in [7, 11) is 1.97. The molecule has 5 nitrogen and oxygen atoms in total. The van der Waals surface area contributed by atoms with Gasteiger partial charge in [0.05, 0.1) is 6.54 Å². The Bertz CT molecular complexity index is 1160. The molecule has 0 saturated heterocycles. The average Bonchev–Trinajstić information content (AvgIpc) is 3.02. The molecule has 0 spiro atoms. The summed E-state index contributed by atoms with van der Waals surface area (Å²) in [5, 5.41) is 10.8. The third-order valence-electron chi connectivity index (χ3n) is 4.26. The molecule has 2 aromatic heterocycles. The molecule has 2 heterocycles. The maximum atomic E-state index is 11.8. The van der Waals surface area contributed by atoms with Gasteiger partial charge in [-0.1, -0.05) is 18.2 Å². The van der Waals surface area contributed by atoms with Gasteiger partial charge in [-0.2, -0.15) is 0 Å². The lowest BCUT2D eigenvalue weighted by atomic mass is 10.1.